The van der Waals surface area contributed by atoms with Crippen molar-refractivity contribution in [2.24, 2.45) is 0 Å². The van der Waals surface area contributed by atoms with E-state index in [-0.39, 0.29) is 41.1 Å². The van der Waals surface area contributed by atoms with Gasteiger partial charge in [0, 0.05) is 24.6 Å². The van der Waals surface area contributed by atoms with Gasteiger partial charge in [0.1, 0.15) is 24.2 Å². The number of hydrogen-bond donors (Lipinski definition) is 1. The third kappa shape index (κ3) is 9.07. The van der Waals surface area contributed by atoms with Gasteiger partial charge in [0.05, 0.1) is 22.2 Å². The lowest BCUT2D eigenvalue weighted by Gasteiger charge is -2.35. The van der Waals surface area contributed by atoms with Crippen molar-refractivity contribution < 1.29 is 27.1 Å². The molecule has 1 saturated carbocycles. The lowest BCUT2D eigenvalue weighted by Crippen LogP contribution is -2.55. The SMILES string of the molecule is COc1ccc(S(=O)(=O)N(CC(=O)N(Cc2ccccc2F)C(Cc2ccccc2)C(=O)NC2CCCCC2)c2ccc(C)cc2)cc1Br. The van der Waals surface area contributed by atoms with Crippen LogP contribution in [0.15, 0.2) is 106 Å². The van der Waals surface area contributed by atoms with Crippen molar-refractivity contribution in [3.8, 4) is 5.75 Å². The molecule has 0 aliphatic heterocycles. The molecule has 0 aromatic heterocycles. The average molecular weight is 751 g/mol. The van der Waals surface area contributed by atoms with Crippen molar-refractivity contribution in [2.45, 2.75) is 69.0 Å². The maximum absolute atomic E-state index is 15.2. The molecule has 8 nitrogen and oxygen atoms in total. The number of nitrogens with zero attached hydrogens (tertiary/aromatic N) is 2. The summed E-state index contributed by atoms with van der Waals surface area (Å²) in [5.74, 6) is -1.10. The van der Waals surface area contributed by atoms with Crippen LogP contribution in [0.1, 0.15) is 48.8 Å². The Bertz CT molecular complexity index is 1850. The molecule has 5 rings (SSSR count). The van der Waals surface area contributed by atoms with Gasteiger partial charge in [0.15, 0.2) is 0 Å². The first-order valence-corrected chi connectivity index (χ1v) is 18.6. The van der Waals surface area contributed by atoms with Crippen LogP contribution in [0.2, 0.25) is 0 Å². The van der Waals surface area contributed by atoms with E-state index in [1.165, 1.54) is 36.3 Å². The standard InChI is InChI=1S/C38H41BrFN3O5S/c1-27-17-19-31(20-18-27)43(49(46,47)32-21-22-36(48-2)33(39)24-32)26-37(44)42(25-29-13-9-10-16-34(29)40)35(23-28-11-5-3-6-12-28)38(45)41-30-14-7-4-8-15-30/h3,5-6,9-13,16-22,24,30,35H,4,7-8,14-15,23,25-26H2,1-2H3,(H,41,45). The molecule has 4 aromatic rings. The van der Waals surface area contributed by atoms with Gasteiger partial charge >= 0.3 is 0 Å². The van der Waals surface area contributed by atoms with Gasteiger partial charge in [-0.3, -0.25) is 13.9 Å². The molecule has 0 bridgehead atoms. The molecule has 1 N–H and O–H groups in total. The van der Waals surface area contributed by atoms with E-state index in [9.17, 15) is 18.0 Å². The monoisotopic (exact) mass is 749 g/mol. The van der Waals surface area contributed by atoms with Crippen molar-refractivity contribution in [3.05, 3.63) is 124 Å². The highest BCUT2D eigenvalue weighted by Crippen LogP contribution is 2.31. The molecule has 0 spiro atoms. The normalized spacial score (nSPS) is 14.1. The highest BCUT2D eigenvalue weighted by Gasteiger charge is 2.36. The fraction of sp³-hybridized carbons (Fsp3) is 0.316. The maximum Gasteiger partial charge on any atom is 0.264 e. The number of benzene rings is 4. The Hall–Kier alpha value is -4.22. The molecule has 0 radical (unpaired) electrons. The first-order valence-electron chi connectivity index (χ1n) is 16.4. The quantitative estimate of drug-likeness (QED) is 0.156. The molecule has 11 heteroatoms. The summed E-state index contributed by atoms with van der Waals surface area (Å²) in [5, 5.41) is 3.16. The largest absolute Gasteiger partial charge is 0.496 e. The summed E-state index contributed by atoms with van der Waals surface area (Å²) in [4.78, 5) is 30.1. The van der Waals surface area contributed by atoms with E-state index >= 15 is 4.39 Å². The predicted octanol–water partition coefficient (Wildman–Crippen LogP) is 7.19. The maximum atomic E-state index is 15.2. The molecular weight excluding hydrogens is 709 g/mol. The Kier molecular flexibility index (Phi) is 12.1. The molecule has 1 aliphatic rings. The van der Waals surface area contributed by atoms with Gasteiger partial charge in [-0.1, -0.05) is 85.5 Å². The molecule has 1 unspecified atom stereocenters. The summed E-state index contributed by atoms with van der Waals surface area (Å²) >= 11 is 3.38. The summed E-state index contributed by atoms with van der Waals surface area (Å²) in [6.45, 7) is 1.01. The van der Waals surface area contributed by atoms with E-state index in [2.05, 4.69) is 21.2 Å². The average Bonchev–Trinajstić information content (AvgIpc) is 3.10. The van der Waals surface area contributed by atoms with Gasteiger partial charge in [0.2, 0.25) is 11.8 Å². The van der Waals surface area contributed by atoms with Crippen LogP contribution < -0.4 is 14.4 Å². The second-order valence-electron chi connectivity index (χ2n) is 12.3. The second kappa shape index (κ2) is 16.5. The van der Waals surface area contributed by atoms with Gasteiger partial charge < -0.3 is 15.0 Å². The Morgan fingerprint density at radius 2 is 1.61 bits per heavy atom. The van der Waals surface area contributed by atoms with E-state index in [0.717, 1.165) is 47.5 Å². The number of carbonyl (C=O) groups excluding carboxylic acids is 2. The second-order valence-corrected chi connectivity index (χ2v) is 15.0. The Morgan fingerprint density at radius 3 is 2.27 bits per heavy atom. The third-order valence-corrected chi connectivity index (χ3v) is 11.2. The van der Waals surface area contributed by atoms with E-state index < -0.39 is 34.3 Å². The zero-order valence-electron chi connectivity index (χ0n) is 27.6. The third-order valence-electron chi connectivity index (χ3n) is 8.83. The zero-order chi connectivity index (χ0) is 35.0. The van der Waals surface area contributed by atoms with Crippen molar-refractivity contribution in [1.82, 2.24) is 10.2 Å². The molecule has 1 atom stereocenters. The van der Waals surface area contributed by atoms with Crippen molar-refractivity contribution in [3.63, 3.8) is 0 Å². The minimum absolute atomic E-state index is 0.0390. The lowest BCUT2D eigenvalue weighted by atomic mass is 9.94. The summed E-state index contributed by atoms with van der Waals surface area (Å²) in [6.07, 6.45) is 4.92. The van der Waals surface area contributed by atoms with E-state index in [0.29, 0.717) is 10.2 Å². The van der Waals surface area contributed by atoms with Crippen molar-refractivity contribution in [1.29, 1.82) is 0 Å². The van der Waals surface area contributed by atoms with E-state index in [1.54, 1.807) is 42.5 Å². The number of anilines is 1. The number of ether oxygens (including phenoxy) is 1. The number of methoxy groups -OCH3 is 1. The summed E-state index contributed by atoms with van der Waals surface area (Å²) in [6, 6.07) is 25.5. The lowest BCUT2D eigenvalue weighted by molar-refractivity contribution is -0.140. The number of hydrogen-bond acceptors (Lipinski definition) is 5. The molecule has 0 heterocycles. The molecule has 1 aliphatic carbocycles. The first kappa shape index (κ1) is 36.1. The Balaban J connectivity index is 1.58. The smallest absolute Gasteiger partial charge is 0.264 e. The summed E-state index contributed by atoms with van der Waals surface area (Å²) in [5.41, 5.74) is 2.19. The van der Waals surface area contributed by atoms with Crippen molar-refractivity contribution >= 4 is 43.5 Å². The molecule has 1 fully saturated rings. The fourth-order valence-electron chi connectivity index (χ4n) is 6.08. The molecule has 2 amide bonds. The van der Waals surface area contributed by atoms with Crippen LogP contribution in [0.3, 0.4) is 0 Å². The summed E-state index contributed by atoms with van der Waals surface area (Å²) < 4.78 is 50.7. The van der Waals surface area contributed by atoms with Crippen LogP contribution in [0.4, 0.5) is 10.1 Å². The first-order chi connectivity index (χ1) is 23.6. The highest BCUT2D eigenvalue weighted by atomic mass is 79.9. The molecule has 49 heavy (non-hydrogen) atoms. The van der Waals surface area contributed by atoms with Crippen LogP contribution in [0.25, 0.3) is 0 Å². The predicted molar refractivity (Wildman–Crippen MR) is 192 cm³/mol. The molecule has 4 aromatic carbocycles. The molecule has 0 saturated heterocycles. The summed E-state index contributed by atoms with van der Waals surface area (Å²) in [7, 11) is -2.85. The van der Waals surface area contributed by atoms with E-state index in [4.69, 9.17) is 4.74 Å². The fourth-order valence-corrected chi connectivity index (χ4v) is 8.22. The Labute approximate surface area is 296 Å². The van der Waals surface area contributed by atoms with Crippen LogP contribution >= 0.6 is 15.9 Å². The van der Waals surface area contributed by atoms with Gasteiger partial charge in [-0.15, -0.1) is 0 Å². The van der Waals surface area contributed by atoms with Gasteiger partial charge in [-0.05, 0) is 77.7 Å². The number of halogens is 2. The van der Waals surface area contributed by atoms with Crippen LogP contribution in [-0.2, 0) is 32.6 Å². The molecule has 258 valence electrons. The van der Waals surface area contributed by atoms with Crippen LogP contribution in [0.5, 0.6) is 5.75 Å². The number of sulfonamides is 1. The van der Waals surface area contributed by atoms with Crippen LogP contribution in [-0.4, -0.2) is 50.9 Å². The van der Waals surface area contributed by atoms with Crippen molar-refractivity contribution in [2.75, 3.05) is 18.0 Å². The number of rotatable bonds is 13. The minimum Gasteiger partial charge on any atom is -0.496 e. The van der Waals surface area contributed by atoms with E-state index in [1.807, 2.05) is 37.3 Å². The molecular formula is C38H41BrFN3O5S. The highest BCUT2D eigenvalue weighted by molar-refractivity contribution is 9.10. The van der Waals surface area contributed by atoms with Gasteiger partial charge in [-0.25, -0.2) is 12.8 Å². The number of amides is 2. The number of carbonyl (C=O) groups is 2. The Morgan fingerprint density at radius 1 is 0.939 bits per heavy atom. The van der Waals surface area contributed by atoms with Gasteiger partial charge in [-0.2, -0.15) is 0 Å². The number of aryl methyl sites for hydroxylation is 1. The minimum atomic E-state index is -4.33. The van der Waals surface area contributed by atoms with Crippen LogP contribution in [0, 0.1) is 12.7 Å². The van der Waals surface area contributed by atoms with Gasteiger partial charge in [0.25, 0.3) is 10.0 Å². The zero-order valence-corrected chi connectivity index (χ0v) is 30.1. The number of nitrogens with one attached hydrogen (secondary N) is 1. The topological polar surface area (TPSA) is 96.0 Å².